The highest BCUT2D eigenvalue weighted by Gasteiger charge is 2.17. The van der Waals surface area contributed by atoms with Crippen molar-refractivity contribution in [1.29, 1.82) is 0 Å². The van der Waals surface area contributed by atoms with Crippen molar-refractivity contribution in [2.24, 2.45) is 0 Å². The number of hydrogen-bond donors (Lipinski definition) is 0. The van der Waals surface area contributed by atoms with E-state index in [1.807, 2.05) is 18.4 Å². The van der Waals surface area contributed by atoms with Crippen LogP contribution in [0, 0.1) is 24.0 Å². The van der Waals surface area contributed by atoms with E-state index in [2.05, 4.69) is 11.6 Å². The van der Waals surface area contributed by atoms with E-state index in [-0.39, 0.29) is 28.9 Å². The fourth-order valence-corrected chi connectivity index (χ4v) is 3.11. The van der Waals surface area contributed by atoms with Crippen LogP contribution < -0.4 is 5.56 Å². The number of benzene rings is 1. The Bertz CT molecular complexity index is 1140. The van der Waals surface area contributed by atoms with Gasteiger partial charge in [0, 0.05) is 35.6 Å². The molecule has 0 fully saturated rings. The predicted octanol–water partition coefficient (Wildman–Crippen LogP) is 2.79. The van der Waals surface area contributed by atoms with Gasteiger partial charge in [-0.3, -0.25) is 24.3 Å². The third-order valence-corrected chi connectivity index (χ3v) is 4.52. The molecule has 138 valence electrons. The molecule has 0 spiro atoms. The maximum Gasteiger partial charge on any atom is 0.271 e. The lowest BCUT2D eigenvalue weighted by molar-refractivity contribution is -0.384. The number of fused-ring (bicyclic) bond motifs is 1. The molecule has 1 aromatic carbocycles. The first-order valence-electron chi connectivity index (χ1n) is 8.28. The highest BCUT2D eigenvalue weighted by Crippen LogP contribution is 2.18. The van der Waals surface area contributed by atoms with E-state index in [1.54, 1.807) is 12.1 Å². The van der Waals surface area contributed by atoms with Gasteiger partial charge >= 0.3 is 0 Å². The summed E-state index contributed by atoms with van der Waals surface area (Å²) in [5.74, 6) is -0.205. The minimum absolute atomic E-state index is 0.141. The molecule has 2 heterocycles. The number of ketones is 1. The number of allylic oxidation sites excluding steroid dienone is 1. The molecule has 8 nitrogen and oxygen atoms in total. The van der Waals surface area contributed by atoms with Crippen LogP contribution in [0.1, 0.15) is 21.7 Å². The summed E-state index contributed by atoms with van der Waals surface area (Å²) in [6.45, 7) is 7.92. The van der Waals surface area contributed by atoms with E-state index in [0.717, 1.165) is 11.4 Å². The predicted molar refractivity (Wildman–Crippen MR) is 101 cm³/mol. The van der Waals surface area contributed by atoms with Gasteiger partial charge in [-0.25, -0.2) is 4.98 Å². The van der Waals surface area contributed by atoms with E-state index >= 15 is 0 Å². The van der Waals surface area contributed by atoms with E-state index in [4.69, 9.17) is 0 Å². The van der Waals surface area contributed by atoms with E-state index in [9.17, 15) is 19.7 Å². The molecule has 0 amide bonds. The summed E-state index contributed by atoms with van der Waals surface area (Å²) in [6.07, 6.45) is 3.00. The summed E-state index contributed by atoms with van der Waals surface area (Å²) in [4.78, 5) is 39.7. The molecule has 27 heavy (non-hydrogen) atoms. The van der Waals surface area contributed by atoms with Gasteiger partial charge in [-0.15, -0.1) is 6.58 Å². The molecular formula is C19H18N4O4. The largest absolute Gasteiger partial charge is 0.345 e. The van der Waals surface area contributed by atoms with Crippen LogP contribution in [-0.2, 0) is 13.1 Å². The molecule has 0 aliphatic heterocycles. The van der Waals surface area contributed by atoms with Gasteiger partial charge in [0.05, 0.1) is 28.7 Å². The highest BCUT2D eigenvalue weighted by molar-refractivity contribution is 5.97. The van der Waals surface area contributed by atoms with Crippen LogP contribution in [0.15, 0.2) is 48.0 Å². The standard InChI is InChI=1S/C19H18N4O4/c1-4-7-22-12(2)8-16(13(22)3)18(24)10-21-11-20-17-9-14(23(26)27)5-6-15(17)19(21)25/h4-6,8-9,11H,1,7,10H2,2-3H3. The van der Waals surface area contributed by atoms with Crippen molar-refractivity contribution < 1.29 is 9.72 Å². The Morgan fingerprint density at radius 3 is 2.74 bits per heavy atom. The zero-order valence-corrected chi connectivity index (χ0v) is 15.0. The number of non-ortho nitro benzene ring substituents is 1. The zero-order valence-electron chi connectivity index (χ0n) is 15.0. The average Bonchev–Trinajstić information content (AvgIpc) is 2.92. The van der Waals surface area contributed by atoms with Gasteiger partial charge in [0.15, 0.2) is 5.78 Å². The molecule has 0 atom stereocenters. The molecule has 0 unspecified atom stereocenters. The molecule has 0 saturated heterocycles. The number of carbonyl (C=O) groups excluding carboxylic acids is 1. The summed E-state index contributed by atoms with van der Waals surface area (Å²) in [5, 5.41) is 11.1. The molecule has 0 aliphatic rings. The first-order chi connectivity index (χ1) is 12.8. The molecule has 2 aromatic heterocycles. The topological polar surface area (TPSA) is 100 Å². The Hall–Kier alpha value is -3.55. The Morgan fingerprint density at radius 2 is 2.07 bits per heavy atom. The summed E-state index contributed by atoms with van der Waals surface area (Å²) in [7, 11) is 0. The van der Waals surface area contributed by atoms with Crippen LogP contribution in [0.25, 0.3) is 10.9 Å². The Labute approximate surface area is 154 Å². The molecular weight excluding hydrogens is 348 g/mol. The summed E-state index contributed by atoms with van der Waals surface area (Å²) in [5.41, 5.74) is 1.97. The number of hydrogen-bond acceptors (Lipinski definition) is 5. The summed E-state index contributed by atoms with van der Waals surface area (Å²) >= 11 is 0. The van der Waals surface area contributed by atoms with E-state index < -0.39 is 10.5 Å². The fourth-order valence-electron chi connectivity index (χ4n) is 3.11. The van der Waals surface area contributed by atoms with Gasteiger partial charge in [0.2, 0.25) is 0 Å². The minimum Gasteiger partial charge on any atom is -0.345 e. The lowest BCUT2D eigenvalue weighted by Gasteiger charge is -2.08. The summed E-state index contributed by atoms with van der Waals surface area (Å²) < 4.78 is 3.19. The number of Topliss-reactive ketones (excluding diaryl/α,β-unsaturated/α-hetero) is 1. The molecule has 8 heteroatoms. The van der Waals surface area contributed by atoms with Gasteiger partial charge < -0.3 is 4.57 Å². The monoisotopic (exact) mass is 366 g/mol. The van der Waals surface area contributed by atoms with Crippen molar-refractivity contribution in [2.45, 2.75) is 26.9 Å². The first-order valence-corrected chi connectivity index (χ1v) is 8.28. The Balaban J connectivity index is 1.96. The fraction of sp³-hybridized carbons (Fsp3) is 0.211. The van der Waals surface area contributed by atoms with Gasteiger partial charge in [-0.05, 0) is 26.0 Å². The van der Waals surface area contributed by atoms with Crippen molar-refractivity contribution in [3.63, 3.8) is 0 Å². The lowest BCUT2D eigenvalue weighted by Crippen LogP contribution is -2.25. The lowest BCUT2D eigenvalue weighted by atomic mass is 10.1. The SMILES string of the molecule is C=CCn1c(C)cc(C(=O)Cn2cnc3cc([N+](=O)[O-])ccc3c2=O)c1C. The normalized spacial score (nSPS) is 10.9. The average molecular weight is 366 g/mol. The highest BCUT2D eigenvalue weighted by atomic mass is 16.6. The van der Waals surface area contributed by atoms with Gasteiger partial charge in [-0.2, -0.15) is 0 Å². The van der Waals surface area contributed by atoms with Crippen LogP contribution in [0.2, 0.25) is 0 Å². The van der Waals surface area contributed by atoms with Crippen LogP contribution in [-0.4, -0.2) is 24.8 Å². The van der Waals surface area contributed by atoms with Crippen molar-refractivity contribution in [2.75, 3.05) is 0 Å². The van der Waals surface area contributed by atoms with Gasteiger partial charge in [0.1, 0.15) is 0 Å². The van der Waals surface area contributed by atoms with Gasteiger partial charge in [0.25, 0.3) is 11.2 Å². The molecule has 0 aliphatic carbocycles. The van der Waals surface area contributed by atoms with Crippen molar-refractivity contribution >= 4 is 22.4 Å². The Kier molecular flexibility index (Phi) is 4.72. The Morgan fingerprint density at radius 1 is 1.33 bits per heavy atom. The first kappa shape index (κ1) is 18.2. The minimum atomic E-state index is -0.546. The molecule has 0 N–H and O–H groups in total. The van der Waals surface area contributed by atoms with Crippen LogP contribution >= 0.6 is 0 Å². The second kappa shape index (κ2) is 6.99. The molecule has 3 rings (SSSR count). The summed E-state index contributed by atoms with van der Waals surface area (Å²) in [6, 6.07) is 5.65. The number of carbonyl (C=O) groups is 1. The van der Waals surface area contributed by atoms with Gasteiger partial charge in [-0.1, -0.05) is 6.08 Å². The van der Waals surface area contributed by atoms with Crippen LogP contribution in [0.4, 0.5) is 5.69 Å². The molecule has 0 radical (unpaired) electrons. The van der Waals surface area contributed by atoms with E-state index in [1.165, 1.54) is 29.1 Å². The number of rotatable bonds is 6. The second-order valence-corrected chi connectivity index (χ2v) is 6.24. The quantitative estimate of drug-likeness (QED) is 0.289. The van der Waals surface area contributed by atoms with Crippen molar-refractivity contribution in [3.05, 3.63) is 80.7 Å². The van der Waals surface area contributed by atoms with Crippen LogP contribution in [0.3, 0.4) is 0 Å². The smallest absolute Gasteiger partial charge is 0.271 e. The number of nitrogens with zero attached hydrogens (tertiary/aromatic N) is 4. The number of nitro benzene ring substituents is 1. The number of aryl methyl sites for hydroxylation is 1. The maximum absolute atomic E-state index is 12.7. The second-order valence-electron chi connectivity index (χ2n) is 6.24. The maximum atomic E-state index is 12.7. The third-order valence-electron chi connectivity index (χ3n) is 4.52. The number of nitro groups is 1. The van der Waals surface area contributed by atoms with Crippen molar-refractivity contribution in [1.82, 2.24) is 14.1 Å². The number of aromatic nitrogens is 3. The van der Waals surface area contributed by atoms with Crippen molar-refractivity contribution in [3.8, 4) is 0 Å². The van der Waals surface area contributed by atoms with Crippen LogP contribution in [0.5, 0.6) is 0 Å². The zero-order chi connectivity index (χ0) is 19.7. The molecule has 0 saturated carbocycles. The third kappa shape index (κ3) is 3.29. The molecule has 3 aromatic rings. The molecule has 0 bridgehead atoms. The van der Waals surface area contributed by atoms with E-state index in [0.29, 0.717) is 12.1 Å².